The minimum absolute atomic E-state index is 0. The highest BCUT2D eigenvalue weighted by Gasteiger charge is 2.04. The van der Waals surface area contributed by atoms with Crippen LogP contribution in [0.15, 0.2) is 42.7 Å². The molecule has 1 heterocycles. The second-order valence-electron chi connectivity index (χ2n) is 4.14. The molecule has 2 rings (SSSR count). The molecule has 20 heavy (non-hydrogen) atoms. The van der Waals surface area contributed by atoms with Crippen molar-refractivity contribution in [3.8, 4) is 11.5 Å². The maximum atomic E-state index is 5.36. The van der Waals surface area contributed by atoms with Crippen LogP contribution in [-0.4, -0.2) is 19.2 Å². The van der Waals surface area contributed by atoms with E-state index in [1.807, 2.05) is 30.3 Å². The minimum Gasteiger partial charge on any atom is -1.00 e. The zero-order chi connectivity index (χ0) is 13.5. The smallest absolute Gasteiger partial charge is 0.127 e. The van der Waals surface area contributed by atoms with Gasteiger partial charge < -0.3 is 27.2 Å². The Bertz CT molecular complexity index is 521. The van der Waals surface area contributed by atoms with Crippen molar-refractivity contribution in [3.05, 3.63) is 53.9 Å². The van der Waals surface area contributed by atoms with Crippen molar-refractivity contribution in [1.29, 1.82) is 0 Å². The predicted octanol–water partition coefficient (Wildman–Crippen LogP) is -0.607. The first-order chi connectivity index (χ1) is 9.33. The second-order valence-corrected chi connectivity index (χ2v) is 4.14. The van der Waals surface area contributed by atoms with Crippen LogP contribution in [0.25, 0.3) is 0 Å². The molecule has 0 saturated carbocycles. The van der Waals surface area contributed by atoms with Crippen LogP contribution >= 0.6 is 0 Å². The van der Waals surface area contributed by atoms with Gasteiger partial charge in [-0.3, -0.25) is 4.98 Å². The van der Waals surface area contributed by atoms with Gasteiger partial charge in [0.2, 0.25) is 0 Å². The number of rotatable bonds is 6. The van der Waals surface area contributed by atoms with Crippen molar-refractivity contribution < 1.29 is 21.9 Å². The van der Waals surface area contributed by atoms with Crippen LogP contribution in [0, 0.1) is 0 Å². The number of nitrogens with one attached hydrogen (secondary N) is 1. The molecule has 0 atom stereocenters. The first-order valence-electron chi connectivity index (χ1n) is 6.14. The molecule has 0 aliphatic heterocycles. The maximum Gasteiger partial charge on any atom is 0.127 e. The van der Waals surface area contributed by atoms with Crippen LogP contribution in [0.3, 0.4) is 0 Å². The number of methoxy groups -OCH3 is 2. The van der Waals surface area contributed by atoms with Gasteiger partial charge in [-0.25, -0.2) is 0 Å². The number of benzene rings is 1. The van der Waals surface area contributed by atoms with E-state index >= 15 is 0 Å². The van der Waals surface area contributed by atoms with E-state index in [1.165, 1.54) is 5.56 Å². The van der Waals surface area contributed by atoms with E-state index in [-0.39, 0.29) is 12.4 Å². The lowest BCUT2D eigenvalue weighted by Gasteiger charge is -2.11. The largest absolute Gasteiger partial charge is 1.00 e. The summed E-state index contributed by atoms with van der Waals surface area (Å²) in [4.78, 5) is 4.00. The fraction of sp³-hybridized carbons (Fsp3) is 0.267. The Hall–Kier alpha value is -1.78. The number of pyridine rings is 1. The lowest BCUT2D eigenvalue weighted by molar-refractivity contribution is -0.00000462. The van der Waals surface area contributed by atoms with Crippen molar-refractivity contribution in [2.45, 2.75) is 13.1 Å². The molecule has 2 aromatic rings. The molecular weight excluding hydrogens is 276 g/mol. The van der Waals surface area contributed by atoms with E-state index in [4.69, 9.17) is 9.47 Å². The summed E-state index contributed by atoms with van der Waals surface area (Å²) in [7, 11) is 3.32. The molecule has 4 nitrogen and oxygen atoms in total. The number of hydrogen-bond acceptors (Lipinski definition) is 4. The van der Waals surface area contributed by atoms with Gasteiger partial charge in [-0.1, -0.05) is 6.07 Å². The molecule has 5 heteroatoms. The molecule has 108 valence electrons. The van der Waals surface area contributed by atoms with Gasteiger partial charge >= 0.3 is 0 Å². The van der Waals surface area contributed by atoms with Crippen molar-refractivity contribution in [2.24, 2.45) is 0 Å². The standard InChI is InChI=1S/C15H18N2O2.ClH/c1-18-14-4-3-13(15(9-14)19-2)11-17-10-12-5-7-16-8-6-12;/h3-9,17H,10-11H2,1-2H3;1H/p-1. The molecule has 0 spiro atoms. The van der Waals surface area contributed by atoms with Crippen molar-refractivity contribution in [3.63, 3.8) is 0 Å². The van der Waals surface area contributed by atoms with Gasteiger partial charge in [-0.15, -0.1) is 0 Å². The quantitative estimate of drug-likeness (QED) is 0.772. The van der Waals surface area contributed by atoms with Crippen molar-refractivity contribution in [1.82, 2.24) is 10.3 Å². The van der Waals surface area contributed by atoms with E-state index < -0.39 is 0 Å². The van der Waals surface area contributed by atoms with Gasteiger partial charge in [0.1, 0.15) is 11.5 Å². The summed E-state index contributed by atoms with van der Waals surface area (Å²) in [5.41, 5.74) is 2.32. The molecule has 0 bridgehead atoms. The molecule has 1 N–H and O–H groups in total. The van der Waals surface area contributed by atoms with Crippen LogP contribution in [0.4, 0.5) is 0 Å². The molecule has 1 aromatic carbocycles. The van der Waals surface area contributed by atoms with Gasteiger partial charge in [0.25, 0.3) is 0 Å². The summed E-state index contributed by atoms with van der Waals surface area (Å²) in [6.45, 7) is 1.55. The number of hydrogen-bond donors (Lipinski definition) is 1. The van der Waals surface area contributed by atoms with Gasteiger partial charge in [0.05, 0.1) is 14.2 Å². The topological polar surface area (TPSA) is 43.4 Å². The maximum absolute atomic E-state index is 5.36. The average Bonchev–Trinajstić information content (AvgIpc) is 2.48. The Balaban J connectivity index is 0.00000200. The molecule has 0 aliphatic rings. The summed E-state index contributed by atoms with van der Waals surface area (Å²) in [5, 5.41) is 3.38. The fourth-order valence-electron chi connectivity index (χ4n) is 1.84. The zero-order valence-electron chi connectivity index (χ0n) is 11.6. The Kier molecular flexibility index (Phi) is 6.84. The van der Waals surface area contributed by atoms with E-state index in [9.17, 15) is 0 Å². The molecule has 0 amide bonds. The van der Waals surface area contributed by atoms with Crippen LogP contribution in [0.2, 0.25) is 0 Å². The third-order valence-electron chi connectivity index (χ3n) is 2.89. The number of nitrogens with zero attached hydrogens (tertiary/aromatic N) is 1. The summed E-state index contributed by atoms with van der Waals surface area (Å²) in [6, 6.07) is 9.84. The fourth-order valence-corrected chi connectivity index (χ4v) is 1.84. The van der Waals surface area contributed by atoms with Gasteiger partial charge in [0.15, 0.2) is 0 Å². The average molecular weight is 294 g/mol. The number of halogens is 1. The number of ether oxygens (including phenoxy) is 2. The third-order valence-corrected chi connectivity index (χ3v) is 2.89. The van der Waals surface area contributed by atoms with Crippen molar-refractivity contribution in [2.75, 3.05) is 14.2 Å². The molecule has 1 aromatic heterocycles. The minimum atomic E-state index is 0. The molecule has 0 unspecified atom stereocenters. The summed E-state index contributed by atoms with van der Waals surface area (Å²) < 4.78 is 10.5. The highest BCUT2D eigenvalue weighted by Crippen LogP contribution is 2.24. The molecular formula is C15H18ClN2O2-. The Morgan fingerprint density at radius 3 is 2.40 bits per heavy atom. The monoisotopic (exact) mass is 293 g/mol. The highest BCUT2D eigenvalue weighted by molar-refractivity contribution is 5.40. The van der Waals surface area contributed by atoms with Gasteiger partial charge in [-0.05, 0) is 23.8 Å². The second kappa shape index (κ2) is 8.40. The third kappa shape index (κ3) is 4.40. The van der Waals surface area contributed by atoms with Gasteiger partial charge in [-0.2, -0.15) is 0 Å². The van der Waals surface area contributed by atoms with Crippen LogP contribution < -0.4 is 27.2 Å². The van der Waals surface area contributed by atoms with E-state index in [2.05, 4.69) is 10.3 Å². The first-order valence-corrected chi connectivity index (χ1v) is 6.14. The molecule has 0 saturated heterocycles. The van der Waals surface area contributed by atoms with E-state index in [0.29, 0.717) is 0 Å². The molecule has 0 aliphatic carbocycles. The lowest BCUT2D eigenvalue weighted by atomic mass is 10.2. The highest BCUT2D eigenvalue weighted by atomic mass is 35.5. The van der Waals surface area contributed by atoms with Crippen LogP contribution in [0.1, 0.15) is 11.1 Å². The van der Waals surface area contributed by atoms with E-state index in [1.54, 1.807) is 26.6 Å². The zero-order valence-corrected chi connectivity index (χ0v) is 12.4. The predicted molar refractivity (Wildman–Crippen MR) is 74.3 cm³/mol. The summed E-state index contributed by atoms with van der Waals surface area (Å²) >= 11 is 0. The van der Waals surface area contributed by atoms with Crippen molar-refractivity contribution >= 4 is 0 Å². The van der Waals surface area contributed by atoms with Crippen LogP contribution in [0.5, 0.6) is 11.5 Å². The lowest BCUT2D eigenvalue weighted by Crippen LogP contribution is -3.00. The van der Waals surface area contributed by atoms with Crippen LogP contribution in [-0.2, 0) is 13.1 Å². The molecule has 0 fully saturated rings. The Labute approximate surface area is 125 Å². The molecule has 0 radical (unpaired) electrons. The van der Waals surface area contributed by atoms with Gasteiger partial charge in [0, 0.05) is 37.1 Å². The Morgan fingerprint density at radius 1 is 1.00 bits per heavy atom. The Morgan fingerprint density at radius 2 is 1.75 bits per heavy atom. The SMILES string of the molecule is COc1ccc(CNCc2ccncc2)c(OC)c1.[Cl-]. The normalized spacial score (nSPS) is 9.70. The summed E-state index contributed by atoms with van der Waals surface area (Å²) in [6.07, 6.45) is 3.59. The first kappa shape index (κ1) is 16.3. The number of aromatic nitrogens is 1. The summed E-state index contributed by atoms with van der Waals surface area (Å²) in [5.74, 6) is 1.64. The van der Waals surface area contributed by atoms with E-state index in [0.717, 1.165) is 30.2 Å².